The Balaban J connectivity index is 2.20. The number of anilines is 1. The highest BCUT2D eigenvalue weighted by Gasteiger charge is 2.12. The standard InChI is InChI=1S/C15H17N3O2/c1-12-5-2-3-6-13(12)18(10-7-15(19)20)11-14-16-8-4-9-17-14/h2-6,8-9H,7,10-11H2,1H3,(H,19,20). The van der Waals surface area contributed by atoms with Gasteiger partial charge in [0, 0.05) is 24.6 Å². The minimum atomic E-state index is -0.808. The molecule has 0 spiro atoms. The second kappa shape index (κ2) is 6.65. The monoisotopic (exact) mass is 271 g/mol. The molecule has 0 unspecified atom stereocenters. The van der Waals surface area contributed by atoms with Gasteiger partial charge < -0.3 is 10.0 Å². The third-order valence-corrected chi connectivity index (χ3v) is 3.00. The quantitative estimate of drug-likeness (QED) is 0.873. The van der Waals surface area contributed by atoms with Gasteiger partial charge in [-0.05, 0) is 24.6 Å². The van der Waals surface area contributed by atoms with Crippen LogP contribution >= 0.6 is 0 Å². The first kappa shape index (κ1) is 14.0. The van der Waals surface area contributed by atoms with Crippen LogP contribution in [-0.4, -0.2) is 27.6 Å². The van der Waals surface area contributed by atoms with Gasteiger partial charge in [-0.3, -0.25) is 4.79 Å². The van der Waals surface area contributed by atoms with Crippen molar-refractivity contribution in [3.8, 4) is 0 Å². The summed E-state index contributed by atoms with van der Waals surface area (Å²) in [5.74, 6) is -0.126. The molecule has 0 aliphatic heterocycles. The van der Waals surface area contributed by atoms with Crippen molar-refractivity contribution in [2.24, 2.45) is 0 Å². The molecule has 2 rings (SSSR count). The first-order valence-electron chi connectivity index (χ1n) is 6.45. The highest BCUT2D eigenvalue weighted by molar-refractivity contribution is 5.68. The maximum Gasteiger partial charge on any atom is 0.305 e. The zero-order valence-electron chi connectivity index (χ0n) is 11.4. The summed E-state index contributed by atoms with van der Waals surface area (Å²) in [5, 5.41) is 8.89. The van der Waals surface area contributed by atoms with E-state index in [1.54, 1.807) is 18.5 Å². The average Bonchev–Trinajstić information content (AvgIpc) is 2.45. The zero-order valence-corrected chi connectivity index (χ0v) is 11.4. The van der Waals surface area contributed by atoms with Gasteiger partial charge in [0.15, 0.2) is 0 Å². The molecule has 5 nitrogen and oxygen atoms in total. The minimum absolute atomic E-state index is 0.0845. The van der Waals surface area contributed by atoms with Crippen LogP contribution in [0, 0.1) is 6.92 Å². The third kappa shape index (κ3) is 3.78. The fourth-order valence-electron chi connectivity index (χ4n) is 2.02. The van der Waals surface area contributed by atoms with Crippen molar-refractivity contribution in [3.63, 3.8) is 0 Å². The highest BCUT2D eigenvalue weighted by atomic mass is 16.4. The van der Waals surface area contributed by atoms with E-state index in [2.05, 4.69) is 9.97 Å². The molecule has 1 aromatic carbocycles. The second-order valence-electron chi connectivity index (χ2n) is 4.52. The maximum absolute atomic E-state index is 10.8. The van der Waals surface area contributed by atoms with Gasteiger partial charge in [0.1, 0.15) is 5.82 Å². The number of aliphatic carboxylic acids is 1. The number of para-hydroxylation sites is 1. The van der Waals surface area contributed by atoms with E-state index in [-0.39, 0.29) is 6.42 Å². The molecule has 2 aromatic rings. The van der Waals surface area contributed by atoms with Gasteiger partial charge >= 0.3 is 5.97 Å². The van der Waals surface area contributed by atoms with Crippen molar-refractivity contribution in [3.05, 3.63) is 54.1 Å². The van der Waals surface area contributed by atoms with E-state index in [4.69, 9.17) is 5.11 Å². The summed E-state index contributed by atoms with van der Waals surface area (Å²) < 4.78 is 0. The highest BCUT2D eigenvalue weighted by Crippen LogP contribution is 2.21. The number of nitrogens with zero attached hydrogens (tertiary/aromatic N) is 3. The van der Waals surface area contributed by atoms with Crippen molar-refractivity contribution >= 4 is 11.7 Å². The van der Waals surface area contributed by atoms with Crippen LogP contribution in [-0.2, 0) is 11.3 Å². The van der Waals surface area contributed by atoms with Crippen LogP contribution in [0.1, 0.15) is 17.8 Å². The number of hydrogen-bond donors (Lipinski definition) is 1. The van der Waals surface area contributed by atoms with Crippen molar-refractivity contribution in [2.75, 3.05) is 11.4 Å². The van der Waals surface area contributed by atoms with E-state index in [1.807, 2.05) is 36.1 Å². The predicted octanol–water partition coefficient (Wildman–Crippen LogP) is 2.27. The molecule has 0 radical (unpaired) electrons. The number of carboxylic acid groups (broad SMARTS) is 1. The Morgan fingerprint density at radius 1 is 1.20 bits per heavy atom. The SMILES string of the molecule is Cc1ccccc1N(CCC(=O)O)Cc1ncccn1. The average molecular weight is 271 g/mol. The number of benzene rings is 1. The lowest BCUT2D eigenvalue weighted by Crippen LogP contribution is -2.27. The Bertz CT molecular complexity index is 572. The molecule has 1 aromatic heterocycles. The van der Waals surface area contributed by atoms with Crippen molar-refractivity contribution < 1.29 is 9.90 Å². The van der Waals surface area contributed by atoms with Crippen LogP contribution in [0.25, 0.3) is 0 Å². The molecule has 0 atom stereocenters. The van der Waals surface area contributed by atoms with Gasteiger partial charge in [-0.1, -0.05) is 18.2 Å². The van der Waals surface area contributed by atoms with Gasteiger partial charge in [0.05, 0.1) is 13.0 Å². The van der Waals surface area contributed by atoms with Gasteiger partial charge in [0.25, 0.3) is 0 Å². The molecule has 0 saturated heterocycles. The van der Waals surface area contributed by atoms with Gasteiger partial charge in [0.2, 0.25) is 0 Å². The van der Waals surface area contributed by atoms with E-state index >= 15 is 0 Å². The normalized spacial score (nSPS) is 10.2. The second-order valence-corrected chi connectivity index (χ2v) is 4.52. The van der Waals surface area contributed by atoms with E-state index in [0.29, 0.717) is 18.9 Å². The van der Waals surface area contributed by atoms with Crippen molar-refractivity contribution in [2.45, 2.75) is 19.9 Å². The first-order chi connectivity index (χ1) is 9.66. The smallest absolute Gasteiger partial charge is 0.305 e. The van der Waals surface area contributed by atoms with Gasteiger partial charge in [-0.15, -0.1) is 0 Å². The van der Waals surface area contributed by atoms with Crippen LogP contribution in [0.2, 0.25) is 0 Å². The number of hydrogen-bond acceptors (Lipinski definition) is 4. The molecular weight excluding hydrogens is 254 g/mol. The molecule has 20 heavy (non-hydrogen) atoms. The lowest BCUT2D eigenvalue weighted by Gasteiger charge is -2.25. The Kier molecular flexibility index (Phi) is 4.65. The van der Waals surface area contributed by atoms with E-state index in [0.717, 1.165) is 11.3 Å². The largest absolute Gasteiger partial charge is 0.481 e. The zero-order chi connectivity index (χ0) is 14.4. The summed E-state index contributed by atoms with van der Waals surface area (Å²) in [7, 11) is 0. The van der Waals surface area contributed by atoms with Gasteiger partial charge in [-0.2, -0.15) is 0 Å². The third-order valence-electron chi connectivity index (χ3n) is 3.00. The molecule has 0 bridgehead atoms. The number of aromatic nitrogens is 2. The Labute approximate surface area is 117 Å². The summed E-state index contributed by atoms with van der Waals surface area (Å²) in [4.78, 5) is 21.2. The van der Waals surface area contributed by atoms with E-state index < -0.39 is 5.97 Å². The number of aryl methyl sites for hydroxylation is 1. The lowest BCUT2D eigenvalue weighted by molar-refractivity contribution is -0.136. The summed E-state index contributed by atoms with van der Waals surface area (Å²) in [5.41, 5.74) is 2.12. The van der Waals surface area contributed by atoms with Gasteiger partial charge in [-0.25, -0.2) is 9.97 Å². The summed E-state index contributed by atoms with van der Waals surface area (Å²) in [6.07, 6.45) is 3.46. The summed E-state index contributed by atoms with van der Waals surface area (Å²) >= 11 is 0. The number of carboxylic acids is 1. The number of carbonyl (C=O) groups is 1. The molecule has 104 valence electrons. The Morgan fingerprint density at radius 3 is 2.55 bits per heavy atom. The fraction of sp³-hybridized carbons (Fsp3) is 0.267. The fourth-order valence-corrected chi connectivity index (χ4v) is 2.02. The molecule has 0 amide bonds. The maximum atomic E-state index is 10.8. The molecule has 0 fully saturated rings. The van der Waals surface area contributed by atoms with Crippen molar-refractivity contribution in [1.82, 2.24) is 9.97 Å². The molecule has 0 saturated carbocycles. The Morgan fingerprint density at radius 2 is 1.90 bits per heavy atom. The molecule has 5 heteroatoms. The first-order valence-corrected chi connectivity index (χ1v) is 6.45. The van der Waals surface area contributed by atoms with Crippen LogP contribution in [0.3, 0.4) is 0 Å². The lowest BCUT2D eigenvalue weighted by atomic mass is 10.1. The predicted molar refractivity (Wildman–Crippen MR) is 76.5 cm³/mol. The van der Waals surface area contributed by atoms with E-state index in [1.165, 1.54) is 0 Å². The van der Waals surface area contributed by atoms with Crippen molar-refractivity contribution in [1.29, 1.82) is 0 Å². The summed E-state index contributed by atoms with van der Waals surface area (Å²) in [6, 6.07) is 9.67. The van der Waals surface area contributed by atoms with E-state index in [9.17, 15) is 4.79 Å². The molecule has 0 aliphatic rings. The number of rotatable bonds is 6. The summed E-state index contributed by atoms with van der Waals surface area (Å²) in [6.45, 7) is 2.94. The van der Waals surface area contributed by atoms with Crippen LogP contribution in [0.5, 0.6) is 0 Å². The molecule has 1 heterocycles. The van der Waals surface area contributed by atoms with Crippen LogP contribution in [0.4, 0.5) is 5.69 Å². The topological polar surface area (TPSA) is 66.3 Å². The van der Waals surface area contributed by atoms with Crippen LogP contribution in [0.15, 0.2) is 42.7 Å². The minimum Gasteiger partial charge on any atom is -0.481 e. The van der Waals surface area contributed by atoms with Crippen LogP contribution < -0.4 is 4.90 Å². The molecule has 0 aliphatic carbocycles. The Hall–Kier alpha value is -2.43. The molecule has 1 N–H and O–H groups in total. The molecular formula is C15H17N3O2.